The van der Waals surface area contributed by atoms with E-state index < -0.39 is 11.7 Å². The van der Waals surface area contributed by atoms with E-state index in [1.165, 1.54) is 21.2 Å². The second kappa shape index (κ2) is 8.61. The summed E-state index contributed by atoms with van der Waals surface area (Å²) in [5.74, 6) is -0.261. The third-order valence-electron chi connectivity index (χ3n) is 4.78. The van der Waals surface area contributed by atoms with Gasteiger partial charge in [0, 0.05) is 31.0 Å². The Kier molecular flexibility index (Phi) is 5.73. The van der Waals surface area contributed by atoms with Gasteiger partial charge in [0.15, 0.2) is 0 Å². The lowest BCUT2D eigenvalue weighted by Gasteiger charge is -2.09. The molecule has 0 bridgehead atoms. The molecule has 0 aliphatic heterocycles. The Morgan fingerprint density at radius 1 is 1.19 bits per heavy atom. The molecule has 2 heterocycles. The number of halogens is 2. The summed E-state index contributed by atoms with van der Waals surface area (Å²) in [6, 6.07) is 12.7. The molecule has 2 aromatic carbocycles. The summed E-state index contributed by atoms with van der Waals surface area (Å²) in [4.78, 5) is 25.1. The topological polar surface area (TPSA) is 77.6 Å². The van der Waals surface area contributed by atoms with Crippen LogP contribution in [0.3, 0.4) is 0 Å². The Balaban J connectivity index is 1.50. The van der Waals surface area contributed by atoms with Gasteiger partial charge < -0.3 is 14.6 Å². The van der Waals surface area contributed by atoms with Crippen LogP contribution in [0.1, 0.15) is 10.4 Å². The summed E-state index contributed by atoms with van der Waals surface area (Å²) < 4.78 is 21.4. The highest BCUT2D eigenvalue weighted by atomic mass is 35.5. The van der Waals surface area contributed by atoms with Crippen molar-refractivity contribution >= 4 is 23.0 Å². The maximum absolute atomic E-state index is 13.1. The molecule has 9 heteroatoms. The first-order valence-corrected chi connectivity index (χ1v) is 9.80. The van der Waals surface area contributed by atoms with Crippen molar-refractivity contribution in [3.05, 3.63) is 87.7 Å². The quantitative estimate of drug-likeness (QED) is 0.498. The van der Waals surface area contributed by atoms with Gasteiger partial charge in [-0.15, -0.1) is 0 Å². The van der Waals surface area contributed by atoms with Crippen molar-refractivity contribution in [2.24, 2.45) is 0 Å². The van der Waals surface area contributed by atoms with E-state index in [-0.39, 0.29) is 29.2 Å². The number of nitrogens with one attached hydrogen (secondary N) is 1. The van der Waals surface area contributed by atoms with Crippen LogP contribution in [0.4, 0.5) is 4.39 Å². The first-order valence-electron chi connectivity index (χ1n) is 9.43. The molecule has 0 saturated heterocycles. The molecule has 4 aromatic rings. The zero-order valence-electron chi connectivity index (χ0n) is 16.5. The number of rotatable bonds is 6. The molecule has 0 aliphatic carbocycles. The molecule has 4 rings (SSSR count). The van der Waals surface area contributed by atoms with Crippen LogP contribution in [-0.4, -0.2) is 33.7 Å². The Morgan fingerprint density at radius 3 is 2.81 bits per heavy atom. The van der Waals surface area contributed by atoms with Crippen LogP contribution < -0.4 is 15.6 Å². The smallest absolute Gasteiger partial charge is 0.276 e. The van der Waals surface area contributed by atoms with Gasteiger partial charge in [-0.1, -0.05) is 23.7 Å². The molecule has 158 valence electrons. The zero-order valence-corrected chi connectivity index (χ0v) is 17.3. The number of fused-ring (bicyclic) bond motifs is 1. The molecule has 0 fully saturated rings. The van der Waals surface area contributed by atoms with E-state index in [0.29, 0.717) is 17.0 Å². The molecule has 7 nitrogen and oxygen atoms in total. The van der Waals surface area contributed by atoms with Gasteiger partial charge in [0.2, 0.25) is 0 Å². The van der Waals surface area contributed by atoms with Crippen LogP contribution in [-0.2, 0) is 6.54 Å². The largest absolute Gasteiger partial charge is 0.497 e. The lowest BCUT2D eigenvalue weighted by Crippen LogP contribution is -2.31. The highest BCUT2D eigenvalue weighted by Gasteiger charge is 2.12. The van der Waals surface area contributed by atoms with Crippen LogP contribution in [0.5, 0.6) is 5.75 Å². The molecule has 0 radical (unpaired) electrons. The van der Waals surface area contributed by atoms with Gasteiger partial charge in [0.25, 0.3) is 11.5 Å². The highest BCUT2D eigenvalue weighted by molar-refractivity contribution is 6.33. The predicted octanol–water partition coefficient (Wildman–Crippen LogP) is 3.39. The molecular weight excluding hydrogens is 423 g/mol. The summed E-state index contributed by atoms with van der Waals surface area (Å²) >= 11 is 5.91. The van der Waals surface area contributed by atoms with Crippen LogP contribution >= 0.6 is 11.6 Å². The first kappa shape index (κ1) is 20.6. The lowest BCUT2D eigenvalue weighted by atomic mass is 10.1. The molecule has 1 N–H and O–H groups in total. The molecule has 1 amide bonds. The SMILES string of the molecule is COc1cccc(-c2cc3c(=O)n(CCNC(=O)c4ccc(F)cc4Cl)ccn3n2)c1. The molecule has 0 spiro atoms. The third-order valence-corrected chi connectivity index (χ3v) is 5.10. The van der Waals surface area contributed by atoms with Crippen molar-refractivity contribution in [2.75, 3.05) is 13.7 Å². The van der Waals surface area contributed by atoms with Crippen LogP contribution in [0.25, 0.3) is 16.8 Å². The minimum Gasteiger partial charge on any atom is -0.497 e. The second-order valence-corrected chi connectivity index (χ2v) is 7.18. The molecule has 0 unspecified atom stereocenters. The monoisotopic (exact) mass is 440 g/mol. The molecule has 0 aliphatic rings. The van der Waals surface area contributed by atoms with E-state index in [1.54, 1.807) is 25.6 Å². The zero-order chi connectivity index (χ0) is 22.0. The summed E-state index contributed by atoms with van der Waals surface area (Å²) in [5, 5.41) is 7.17. The Labute approximate surface area is 181 Å². The Bertz CT molecular complexity index is 1330. The standard InChI is InChI=1S/C22H18ClFN4O3/c1-31-16-4-2-3-14(11-16)19-13-20-22(30)27(9-10-28(20)26-19)8-7-25-21(29)17-6-5-15(24)12-18(17)23/h2-6,9-13H,7-8H2,1H3,(H,25,29). The van der Waals surface area contributed by atoms with Gasteiger partial charge in [0.05, 0.1) is 23.4 Å². The maximum Gasteiger partial charge on any atom is 0.276 e. The molecule has 31 heavy (non-hydrogen) atoms. The number of hydrogen-bond donors (Lipinski definition) is 1. The van der Waals surface area contributed by atoms with Crippen molar-refractivity contribution in [2.45, 2.75) is 6.54 Å². The van der Waals surface area contributed by atoms with Crippen LogP contribution in [0, 0.1) is 5.82 Å². The normalized spacial score (nSPS) is 10.9. The van der Waals surface area contributed by atoms with E-state index in [9.17, 15) is 14.0 Å². The van der Waals surface area contributed by atoms with Crippen LogP contribution in [0.2, 0.25) is 5.02 Å². The van der Waals surface area contributed by atoms with Gasteiger partial charge in [-0.2, -0.15) is 5.10 Å². The fraction of sp³-hybridized carbons (Fsp3) is 0.136. The second-order valence-electron chi connectivity index (χ2n) is 6.77. The number of benzene rings is 2. The van der Waals surface area contributed by atoms with Crippen molar-refractivity contribution < 1.29 is 13.9 Å². The van der Waals surface area contributed by atoms with Crippen LogP contribution in [0.15, 0.2) is 65.7 Å². The Hall–Kier alpha value is -3.65. The summed E-state index contributed by atoms with van der Waals surface area (Å²) in [5.41, 5.74) is 1.82. The van der Waals surface area contributed by atoms with E-state index in [4.69, 9.17) is 16.3 Å². The van der Waals surface area contributed by atoms with Crippen molar-refractivity contribution in [3.8, 4) is 17.0 Å². The molecule has 0 atom stereocenters. The fourth-order valence-electron chi connectivity index (χ4n) is 3.18. The molecule has 2 aromatic heterocycles. The number of carbonyl (C=O) groups excluding carboxylic acids is 1. The summed E-state index contributed by atoms with van der Waals surface area (Å²) in [7, 11) is 1.59. The van der Waals surface area contributed by atoms with E-state index >= 15 is 0 Å². The van der Waals surface area contributed by atoms with E-state index in [0.717, 1.165) is 11.6 Å². The minimum absolute atomic E-state index is 0.0282. The fourth-order valence-corrected chi connectivity index (χ4v) is 3.44. The predicted molar refractivity (Wildman–Crippen MR) is 115 cm³/mol. The average molecular weight is 441 g/mol. The number of carbonyl (C=O) groups is 1. The Morgan fingerprint density at radius 2 is 2.03 bits per heavy atom. The van der Waals surface area contributed by atoms with Gasteiger partial charge in [-0.25, -0.2) is 8.91 Å². The summed E-state index contributed by atoms with van der Waals surface area (Å²) in [6.07, 6.45) is 3.29. The van der Waals surface area contributed by atoms with Crippen molar-refractivity contribution in [1.29, 1.82) is 0 Å². The number of amides is 1. The average Bonchev–Trinajstić information content (AvgIpc) is 3.20. The van der Waals surface area contributed by atoms with E-state index in [1.807, 2.05) is 24.3 Å². The molecular formula is C22H18ClFN4O3. The third kappa shape index (κ3) is 4.29. The number of ether oxygens (including phenoxy) is 1. The van der Waals surface area contributed by atoms with Gasteiger partial charge >= 0.3 is 0 Å². The number of aromatic nitrogens is 3. The lowest BCUT2D eigenvalue weighted by molar-refractivity contribution is 0.0952. The molecule has 0 saturated carbocycles. The van der Waals surface area contributed by atoms with Crippen molar-refractivity contribution in [1.82, 2.24) is 19.5 Å². The van der Waals surface area contributed by atoms with E-state index in [2.05, 4.69) is 10.4 Å². The number of methoxy groups -OCH3 is 1. The number of hydrogen-bond acceptors (Lipinski definition) is 4. The number of nitrogens with zero attached hydrogens (tertiary/aromatic N) is 3. The van der Waals surface area contributed by atoms with Crippen molar-refractivity contribution in [3.63, 3.8) is 0 Å². The first-order chi connectivity index (χ1) is 15.0. The van der Waals surface area contributed by atoms with Gasteiger partial charge in [-0.05, 0) is 36.4 Å². The van der Waals surface area contributed by atoms with Gasteiger partial charge in [-0.3, -0.25) is 9.59 Å². The maximum atomic E-state index is 13.1. The summed E-state index contributed by atoms with van der Waals surface area (Å²) in [6.45, 7) is 0.444. The highest BCUT2D eigenvalue weighted by Crippen LogP contribution is 2.23. The van der Waals surface area contributed by atoms with Gasteiger partial charge in [0.1, 0.15) is 17.1 Å². The minimum atomic E-state index is -0.518.